The Bertz CT molecular complexity index is 1220. The topological polar surface area (TPSA) is 96.0 Å². The Hall–Kier alpha value is -3.47. The summed E-state index contributed by atoms with van der Waals surface area (Å²) in [6.07, 6.45) is -3.26. The number of Topliss-reactive ketones (excluding diaryl/α,β-unsaturated/α-hetero) is 1. The average Bonchev–Trinajstić information content (AvgIpc) is 2.78. The monoisotopic (exact) mass is 535 g/mol. The van der Waals surface area contributed by atoms with E-state index in [0.717, 1.165) is 6.42 Å². The van der Waals surface area contributed by atoms with Crippen molar-refractivity contribution >= 4 is 50.8 Å². The first-order chi connectivity index (χ1) is 16.1. The molecule has 0 bridgehead atoms. The lowest BCUT2D eigenvalue weighted by Crippen LogP contribution is -2.23. The molecule has 7 nitrogen and oxygen atoms in total. The van der Waals surface area contributed by atoms with Gasteiger partial charge in [-0.2, -0.15) is 18.2 Å². The van der Waals surface area contributed by atoms with Crippen LogP contribution < -0.4 is 16.0 Å². The molecule has 2 aromatic carbocycles. The van der Waals surface area contributed by atoms with Gasteiger partial charge in [0.15, 0.2) is 5.78 Å². The van der Waals surface area contributed by atoms with E-state index in [4.69, 9.17) is 0 Å². The zero-order valence-electron chi connectivity index (χ0n) is 18.3. The number of halogens is 4. The number of amides is 1. The molecule has 0 saturated carbocycles. The average molecular weight is 536 g/mol. The number of alkyl halides is 3. The minimum absolute atomic E-state index is 0.111. The largest absolute Gasteiger partial charge is 0.421 e. The second-order valence-corrected chi connectivity index (χ2v) is 8.11. The van der Waals surface area contributed by atoms with E-state index in [-0.39, 0.29) is 28.9 Å². The van der Waals surface area contributed by atoms with Crippen molar-refractivity contribution in [1.29, 1.82) is 0 Å². The molecule has 3 rings (SSSR count). The molecule has 0 aliphatic heterocycles. The van der Waals surface area contributed by atoms with Crippen molar-refractivity contribution in [3.63, 3.8) is 0 Å². The predicted molar refractivity (Wildman–Crippen MR) is 127 cm³/mol. The Labute approximate surface area is 202 Å². The smallest absolute Gasteiger partial charge is 0.352 e. The minimum atomic E-state index is -4.72. The maximum atomic E-state index is 13.6. The van der Waals surface area contributed by atoms with Crippen molar-refractivity contribution in [3.05, 3.63) is 69.8 Å². The molecule has 1 aromatic heterocycles. The molecule has 0 aliphatic carbocycles. The molecule has 0 unspecified atom stereocenters. The third kappa shape index (κ3) is 6.10. The number of aromatic nitrogens is 2. The Morgan fingerprint density at radius 3 is 2.44 bits per heavy atom. The van der Waals surface area contributed by atoms with Crippen LogP contribution in [0.1, 0.15) is 46.5 Å². The molecule has 0 fully saturated rings. The van der Waals surface area contributed by atoms with Gasteiger partial charge in [0.25, 0.3) is 5.91 Å². The van der Waals surface area contributed by atoms with Crippen molar-refractivity contribution in [2.24, 2.45) is 0 Å². The number of rotatable bonds is 8. The second kappa shape index (κ2) is 10.6. The first kappa shape index (κ1) is 25.2. The summed E-state index contributed by atoms with van der Waals surface area (Å²) in [7, 11) is 0. The summed E-state index contributed by atoms with van der Waals surface area (Å²) in [4.78, 5) is 31.8. The van der Waals surface area contributed by atoms with Gasteiger partial charge in [-0.05, 0) is 59.6 Å². The molecule has 178 valence electrons. The van der Waals surface area contributed by atoms with Gasteiger partial charge < -0.3 is 16.0 Å². The summed E-state index contributed by atoms with van der Waals surface area (Å²) in [5.74, 6) is -1.17. The van der Waals surface area contributed by atoms with Crippen LogP contribution in [0.3, 0.4) is 0 Å². The molecule has 34 heavy (non-hydrogen) atoms. The minimum Gasteiger partial charge on any atom is -0.352 e. The number of nitrogens with zero attached hydrogens (tertiary/aromatic N) is 2. The van der Waals surface area contributed by atoms with E-state index in [0.29, 0.717) is 28.5 Å². The summed E-state index contributed by atoms with van der Waals surface area (Å²) in [6.45, 7) is 3.80. The Kier molecular flexibility index (Phi) is 7.87. The van der Waals surface area contributed by atoms with Crippen LogP contribution >= 0.6 is 15.9 Å². The lowest BCUT2D eigenvalue weighted by molar-refractivity contribution is -0.137. The van der Waals surface area contributed by atoms with E-state index < -0.39 is 17.6 Å². The van der Waals surface area contributed by atoms with Crippen LogP contribution in [0.4, 0.5) is 36.3 Å². The number of carbonyl (C=O) groups excluding carboxylic acids is 2. The highest BCUT2D eigenvalue weighted by Gasteiger charge is 2.35. The molecule has 1 amide bonds. The van der Waals surface area contributed by atoms with Crippen molar-refractivity contribution in [1.82, 2.24) is 15.3 Å². The number of hydrogen-bond donors (Lipinski definition) is 3. The molecule has 11 heteroatoms. The van der Waals surface area contributed by atoms with Gasteiger partial charge in [-0.1, -0.05) is 19.1 Å². The number of anilines is 4. The Balaban J connectivity index is 1.92. The van der Waals surface area contributed by atoms with E-state index in [1.54, 1.807) is 30.3 Å². The van der Waals surface area contributed by atoms with Crippen molar-refractivity contribution in [2.45, 2.75) is 26.4 Å². The van der Waals surface area contributed by atoms with E-state index >= 15 is 0 Å². The van der Waals surface area contributed by atoms with Gasteiger partial charge >= 0.3 is 6.18 Å². The molecule has 1 heterocycles. The number of nitrogens with one attached hydrogen (secondary N) is 3. The zero-order valence-corrected chi connectivity index (χ0v) is 19.8. The van der Waals surface area contributed by atoms with Crippen LogP contribution in [0.15, 0.2) is 53.1 Å². The standard InChI is InChI=1S/C23H21BrF3N5O2/c1-3-10-28-21(34)14-8-9-19(17(24)11-14)31-22-29-12-16(23(25,26)27)20(32-22)30-18-7-5-4-6-15(18)13(2)33/h4-9,11-12H,3,10H2,1-2H3,(H,28,34)(H2,29,30,31,32). The first-order valence-electron chi connectivity index (χ1n) is 10.3. The van der Waals surface area contributed by atoms with Gasteiger partial charge in [-0.3, -0.25) is 9.59 Å². The number of para-hydroxylation sites is 1. The molecule has 0 aliphatic rings. The summed E-state index contributed by atoms with van der Waals surface area (Å²) < 4.78 is 41.3. The van der Waals surface area contributed by atoms with Crippen LogP contribution in [0.2, 0.25) is 0 Å². The van der Waals surface area contributed by atoms with Gasteiger partial charge in [0.1, 0.15) is 11.4 Å². The second-order valence-electron chi connectivity index (χ2n) is 7.26. The van der Waals surface area contributed by atoms with Gasteiger partial charge in [0, 0.05) is 28.3 Å². The van der Waals surface area contributed by atoms with Crippen LogP contribution in [0.25, 0.3) is 0 Å². The Morgan fingerprint density at radius 1 is 1.06 bits per heavy atom. The van der Waals surface area contributed by atoms with Gasteiger partial charge in [-0.15, -0.1) is 0 Å². The van der Waals surface area contributed by atoms with E-state index in [1.807, 2.05) is 6.92 Å². The van der Waals surface area contributed by atoms with E-state index in [2.05, 4.69) is 41.8 Å². The van der Waals surface area contributed by atoms with Crippen LogP contribution in [0.5, 0.6) is 0 Å². The molecule has 3 N–H and O–H groups in total. The van der Waals surface area contributed by atoms with Crippen molar-refractivity contribution in [2.75, 3.05) is 17.2 Å². The lowest BCUT2D eigenvalue weighted by atomic mass is 10.1. The number of benzene rings is 2. The normalized spacial score (nSPS) is 11.1. The predicted octanol–water partition coefficient (Wildman–Crippen LogP) is 6.09. The molecule has 0 radical (unpaired) electrons. The maximum absolute atomic E-state index is 13.6. The van der Waals surface area contributed by atoms with Gasteiger partial charge in [-0.25, -0.2) is 4.98 Å². The van der Waals surface area contributed by atoms with Crippen molar-refractivity contribution < 1.29 is 22.8 Å². The molecule has 0 saturated heterocycles. The number of ketones is 1. The molecular formula is C23H21BrF3N5O2. The van der Waals surface area contributed by atoms with Gasteiger partial charge in [0.05, 0.1) is 11.4 Å². The third-order valence-electron chi connectivity index (χ3n) is 4.67. The summed E-state index contributed by atoms with van der Waals surface area (Å²) in [6, 6.07) is 11.0. The van der Waals surface area contributed by atoms with Gasteiger partial charge in [0.2, 0.25) is 5.95 Å². The fraction of sp³-hybridized carbons (Fsp3) is 0.217. The quantitative estimate of drug-likeness (QED) is 0.302. The lowest BCUT2D eigenvalue weighted by Gasteiger charge is -2.16. The van der Waals surface area contributed by atoms with Crippen LogP contribution in [0, 0.1) is 0 Å². The van der Waals surface area contributed by atoms with Crippen LogP contribution in [-0.2, 0) is 6.18 Å². The fourth-order valence-corrected chi connectivity index (χ4v) is 3.47. The summed E-state index contributed by atoms with van der Waals surface area (Å²) in [5, 5.41) is 8.23. The molecule has 0 atom stereocenters. The van der Waals surface area contributed by atoms with Crippen molar-refractivity contribution in [3.8, 4) is 0 Å². The highest BCUT2D eigenvalue weighted by atomic mass is 79.9. The zero-order chi connectivity index (χ0) is 24.9. The molecule has 3 aromatic rings. The number of carbonyl (C=O) groups is 2. The fourth-order valence-electron chi connectivity index (χ4n) is 2.99. The van der Waals surface area contributed by atoms with E-state index in [9.17, 15) is 22.8 Å². The summed E-state index contributed by atoms with van der Waals surface area (Å²) in [5.41, 5.74) is 0.194. The first-order valence-corrected chi connectivity index (χ1v) is 11.1. The van der Waals surface area contributed by atoms with E-state index in [1.165, 1.54) is 19.1 Å². The molecule has 0 spiro atoms. The maximum Gasteiger partial charge on any atom is 0.421 e. The van der Waals surface area contributed by atoms with Crippen LogP contribution in [-0.4, -0.2) is 28.2 Å². The Morgan fingerprint density at radius 2 is 1.79 bits per heavy atom. The molecular weight excluding hydrogens is 515 g/mol. The third-order valence-corrected chi connectivity index (χ3v) is 5.32. The SMILES string of the molecule is CCCNC(=O)c1ccc(Nc2ncc(C(F)(F)F)c(Nc3ccccc3C(C)=O)n2)c(Br)c1. The summed E-state index contributed by atoms with van der Waals surface area (Å²) >= 11 is 3.35. The number of hydrogen-bond acceptors (Lipinski definition) is 6. The highest BCUT2D eigenvalue weighted by molar-refractivity contribution is 9.10. The highest BCUT2D eigenvalue weighted by Crippen LogP contribution is 2.36.